The summed E-state index contributed by atoms with van der Waals surface area (Å²) in [6.07, 6.45) is 0.824. The number of aromatic nitrogens is 2. The van der Waals surface area contributed by atoms with Gasteiger partial charge in [-0.2, -0.15) is 0 Å². The number of para-hydroxylation sites is 1. The summed E-state index contributed by atoms with van der Waals surface area (Å²) in [6, 6.07) is 10.5. The van der Waals surface area contributed by atoms with Gasteiger partial charge >= 0.3 is 0 Å². The van der Waals surface area contributed by atoms with Crippen molar-refractivity contribution in [3.8, 4) is 0 Å². The molecule has 0 aliphatic rings. The Hall–Kier alpha value is -2.27. The van der Waals surface area contributed by atoms with Crippen molar-refractivity contribution in [2.24, 2.45) is 7.05 Å². The number of nitrogens with one attached hydrogen (secondary N) is 1. The summed E-state index contributed by atoms with van der Waals surface area (Å²) in [5.41, 5.74) is 4.13. The Morgan fingerprint density at radius 3 is 2.72 bits per heavy atom. The minimum atomic E-state index is -0.0227. The van der Waals surface area contributed by atoms with E-state index >= 15 is 0 Å². The predicted molar refractivity (Wildman–Crippen MR) is 102 cm³/mol. The zero-order valence-electron chi connectivity index (χ0n) is 15.5. The lowest BCUT2D eigenvalue weighted by Crippen LogP contribution is -2.28. The average molecular weight is 341 g/mol. The lowest BCUT2D eigenvalue weighted by atomic mass is 10.2. The van der Waals surface area contributed by atoms with Crippen LogP contribution in [-0.2, 0) is 11.8 Å². The molecular weight excluding hydrogens is 314 g/mol. The second-order valence-electron chi connectivity index (χ2n) is 6.61. The summed E-state index contributed by atoms with van der Waals surface area (Å²) in [4.78, 5) is 12.7. The van der Waals surface area contributed by atoms with Gasteiger partial charge in [-0.05, 0) is 39.3 Å². The molecule has 0 fully saturated rings. The van der Waals surface area contributed by atoms with Crippen molar-refractivity contribution in [3.05, 3.63) is 36.0 Å². The van der Waals surface area contributed by atoms with Crippen LogP contribution < -0.4 is 5.32 Å². The third kappa shape index (κ3) is 3.16. The smallest absolute Gasteiger partial charge is 0.268 e. The van der Waals surface area contributed by atoms with E-state index in [-0.39, 0.29) is 11.9 Å². The molecule has 134 valence electrons. The summed E-state index contributed by atoms with van der Waals surface area (Å²) in [5, 5.41) is 4.21. The second-order valence-corrected chi connectivity index (χ2v) is 6.61. The first-order chi connectivity index (χ1) is 12.1. The molecule has 25 heavy (non-hydrogen) atoms. The summed E-state index contributed by atoms with van der Waals surface area (Å²) >= 11 is 0. The molecule has 0 saturated carbocycles. The van der Waals surface area contributed by atoms with Gasteiger partial charge in [-0.25, -0.2) is 0 Å². The number of carbonyl (C=O) groups is 1. The molecule has 1 amide bonds. The molecule has 3 rings (SSSR count). The van der Waals surface area contributed by atoms with Crippen LogP contribution >= 0.6 is 0 Å². The van der Waals surface area contributed by atoms with Crippen molar-refractivity contribution >= 4 is 27.8 Å². The normalized spacial score (nSPS) is 11.7. The highest BCUT2D eigenvalue weighted by Gasteiger charge is 2.21. The van der Waals surface area contributed by atoms with E-state index in [9.17, 15) is 4.79 Å². The molecule has 0 unspecified atom stereocenters. The molecule has 0 saturated heterocycles. The van der Waals surface area contributed by atoms with E-state index in [0.29, 0.717) is 19.8 Å². The SMILES string of the molecule is CCOCCCNC(=O)c1cc2c(c3ccccc3n2C)n1C(C)C. The molecule has 0 bridgehead atoms. The van der Waals surface area contributed by atoms with E-state index in [1.165, 1.54) is 10.9 Å². The fourth-order valence-corrected chi connectivity index (χ4v) is 3.45. The van der Waals surface area contributed by atoms with Gasteiger partial charge in [0.05, 0.1) is 16.6 Å². The van der Waals surface area contributed by atoms with Crippen molar-refractivity contribution in [2.45, 2.75) is 33.2 Å². The number of amides is 1. The van der Waals surface area contributed by atoms with E-state index < -0.39 is 0 Å². The highest BCUT2D eigenvalue weighted by atomic mass is 16.5. The van der Waals surface area contributed by atoms with E-state index in [2.05, 4.69) is 47.5 Å². The zero-order chi connectivity index (χ0) is 18.0. The average Bonchev–Trinajstić information content (AvgIpc) is 3.12. The summed E-state index contributed by atoms with van der Waals surface area (Å²) < 4.78 is 9.63. The van der Waals surface area contributed by atoms with Crippen LogP contribution in [0, 0.1) is 0 Å². The van der Waals surface area contributed by atoms with E-state index in [1.54, 1.807) is 0 Å². The van der Waals surface area contributed by atoms with Crippen LogP contribution in [0.4, 0.5) is 0 Å². The van der Waals surface area contributed by atoms with Crippen LogP contribution in [0.1, 0.15) is 43.7 Å². The number of hydrogen-bond donors (Lipinski definition) is 1. The van der Waals surface area contributed by atoms with E-state index in [1.807, 2.05) is 25.1 Å². The minimum absolute atomic E-state index is 0.0227. The standard InChI is InChI=1S/C20H27N3O2/c1-5-25-12-8-11-21-20(24)18-13-17-19(23(18)14(2)3)15-9-6-7-10-16(15)22(17)4/h6-7,9-10,13-14H,5,8,11-12H2,1-4H3,(H,21,24). The first kappa shape index (κ1) is 17.5. The van der Waals surface area contributed by atoms with Crippen molar-refractivity contribution < 1.29 is 9.53 Å². The number of hydrogen-bond acceptors (Lipinski definition) is 2. The monoisotopic (exact) mass is 341 g/mol. The fraction of sp³-hybridized carbons (Fsp3) is 0.450. The maximum atomic E-state index is 12.7. The molecular formula is C20H27N3O2. The minimum Gasteiger partial charge on any atom is -0.382 e. The van der Waals surface area contributed by atoms with Gasteiger partial charge in [0.15, 0.2) is 0 Å². The van der Waals surface area contributed by atoms with Crippen LogP contribution in [0.2, 0.25) is 0 Å². The van der Waals surface area contributed by atoms with Gasteiger partial charge in [-0.3, -0.25) is 4.79 Å². The first-order valence-corrected chi connectivity index (χ1v) is 9.00. The van der Waals surface area contributed by atoms with Crippen molar-refractivity contribution in [1.82, 2.24) is 14.5 Å². The number of aryl methyl sites for hydroxylation is 1. The van der Waals surface area contributed by atoms with E-state index in [0.717, 1.165) is 23.1 Å². The first-order valence-electron chi connectivity index (χ1n) is 9.00. The zero-order valence-corrected chi connectivity index (χ0v) is 15.5. The van der Waals surface area contributed by atoms with E-state index in [4.69, 9.17) is 4.74 Å². The van der Waals surface area contributed by atoms with Crippen molar-refractivity contribution in [2.75, 3.05) is 19.8 Å². The lowest BCUT2D eigenvalue weighted by molar-refractivity contribution is 0.0934. The number of ether oxygens (including phenoxy) is 1. The largest absolute Gasteiger partial charge is 0.382 e. The number of nitrogens with zero attached hydrogens (tertiary/aromatic N) is 2. The molecule has 1 aromatic carbocycles. The maximum Gasteiger partial charge on any atom is 0.268 e. The van der Waals surface area contributed by atoms with Crippen LogP contribution in [0.5, 0.6) is 0 Å². The molecule has 0 atom stereocenters. The van der Waals surface area contributed by atoms with Crippen LogP contribution in [0.3, 0.4) is 0 Å². The molecule has 0 aliphatic heterocycles. The molecule has 2 heterocycles. The molecule has 2 aromatic heterocycles. The highest BCUT2D eigenvalue weighted by molar-refractivity contribution is 6.10. The quantitative estimate of drug-likeness (QED) is 0.663. The molecule has 0 spiro atoms. The summed E-state index contributed by atoms with van der Waals surface area (Å²) in [7, 11) is 2.05. The van der Waals surface area contributed by atoms with Crippen molar-refractivity contribution in [1.29, 1.82) is 0 Å². The molecule has 0 radical (unpaired) electrons. The van der Waals surface area contributed by atoms with Gasteiger partial charge in [0.1, 0.15) is 5.69 Å². The second kappa shape index (κ2) is 7.31. The third-order valence-electron chi connectivity index (χ3n) is 4.60. The molecule has 3 aromatic rings. The maximum absolute atomic E-state index is 12.7. The third-order valence-corrected chi connectivity index (χ3v) is 4.60. The van der Waals surface area contributed by atoms with Crippen LogP contribution in [0.15, 0.2) is 30.3 Å². The Kier molecular flexibility index (Phi) is 5.13. The van der Waals surface area contributed by atoms with Gasteiger partial charge in [0, 0.05) is 38.2 Å². The number of fused-ring (bicyclic) bond motifs is 3. The lowest BCUT2D eigenvalue weighted by Gasteiger charge is -2.14. The Morgan fingerprint density at radius 1 is 1.24 bits per heavy atom. The van der Waals surface area contributed by atoms with Gasteiger partial charge < -0.3 is 19.2 Å². The van der Waals surface area contributed by atoms with Gasteiger partial charge in [0.25, 0.3) is 5.91 Å². The molecule has 0 aliphatic carbocycles. The predicted octanol–water partition coefficient (Wildman–Crippen LogP) is 3.87. The van der Waals surface area contributed by atoms with Gasteiger partial charge in [-0.15, -0.1) is 0 Å². The molecule has 1 N–H and O–H groups in total. The summed E-state index contributed by atoms with van der Waals surface area (Å²) in [5.74, 6) is -0.0227. The number of carbonyl (C=O) groups excluding carboxylic acids is 1. The summed E-state index contributed by atoms with van der Waals surface area (Å²) in [6.45, 7) is 8.22. The van der Waals surface area contributed by atoms with Crippen LogP contribution in [0.25, 0.3) is 21.9 Å². The molecule has 5 nitrogen and oxygen atoms in total. The number of rotatable bonds is 7. The van der Waals surface area contributed by atoms with Crippen molar-refractivity contribution in [3.63, 3.8) is 0 Å². The Morgan fingerprint density at radius 2 is 2.00 bits per heavy atom. The highest BCUT2D eigenvalue weighted by Crippen LogP contribution is 2.33. The Bertz CT molecular complexity index is 889. The Labute approximate surface area is 148 Å². The Balaban J connectivity index is 1.97. The van der Waals surface area contributed by atoms with Crippen LogP contribution in [-0.4, -0.2) is 34.8 Å². The topological polar surface area (TPSA) is 48.2 Å². The van der Waals surface area contributed by atoms with Gasteiger partial charge in [-0.1, -0.05) is 18.2 Å². The number of benzene rings is 1. The molecule has 5 heteroatoms. The van der Waals surface area contributed by atoms with Gasteiger partial charge in [0.2, 0.25) is 0 Å². The fourth-order valence-electron chi connectivity index (χ4n) is 3.45.